The van der Waals surface area contributed by atoms with Crippen LogP contribution in [-0.2, 0) is 19.4 Å². The number of fused-ring (bicyclic) bond motifs is 1. The molecule has 1 aromatic rings. The summed E-state index contributed by atoms with van der Waals surface area (Å²) in [5, 5.41) is 6.00. The molecular weight excluding hydrogens is 398 g/mol. The molecule has 0 N–H and O–H groups in total. The van der Waals surface area contributed by atoms with Gasteiger partial charge in [0.2, 0.25) is 5.91 Å². The van der Waals surface area contributed by atoms with E-state index in [0.29, 0.717) is 23.9 Å². The average Bonchev–Trinajstić information content (AvgIpc) is 2.93. The maximum Gasteiger partial charge on any atom is 0.274 e. The quantitative estimate of drug-likeness (QED) is 0.730. The van der Waals surface area contributed by atoms with Crippen LogP contribution in [0.4, 0.5) is 5.69 Å². The van der Waals surface area contributed by atoms with E-state index in [1.807, 2.05) is 24.3 Å². The van der Waals surface area contributed by atoms with E-state index in [-0.39, 0.29) is 36.2 Å². The number of carbonyl (C=O) groups excluding carboxylic acids is 2. The van der Waals surface area contributed by atoms with Gasteiger partial charge in [0.15, 0.2) is 9.84 Å². The molecule has 3 heterocycles. The van der Waals surface area contributed by atoms with Crippen LogP contribution in [0.25, 0.3) is 0 Å². The topological polar surface area (TPSA) is 87.1 Å². The lowest BCUT2D eigenvalue weighted by Gasteiger charge is -2.30. The molecule has 3 aliphatic rings. The van der Waals surface area contributed by atoms with Crippen molar-refractivity contribution in [2.75, 3.05) is 23.0 Å². The van der Waals surface area contributed by atoms with Crippen molar-refractivity contribution in [3.05, 3.63) is 24.3 Å². The maximum atomic E-state index is 13.3. The molecule has 2 amide bonds. The highest BCUT2D eigenvalue weighted by atomic mass is 32.2. The zero-order chi connectivity index (χ0) is 19.9. The van der Waals surface area contributed by atoms with E-state index in [0.717, 1.165) is 17.0 Å². The summed E-state index contributed by atoms with van der Waals surface area (Å²) in [6.07, 6.45) is 1.71. The maximum absolute atomic E-state index is 13.3. The summed E-state index contributed by atoms with van der Waals surface area (Å²) >= 11 is 1.76. The van der Waals surface area contributed by atoms with E-state index in [9.17, 15) is 18.0 Å². The van der Waals surface area contributed by atoms with E-state index in [1.54, 1.807) is 16.7 Å². The van der Waals surface area contributed by atoms with Gasteiger partial charge in [-0.15, -0.1) is 11.8 Å². The molecule has 1 fully saturated rings. The number of rotatable bonds is 2. The third-order valence-corrected chi connectivity index (χ3v) is 8.34. The Hall–Kier alpha value is -1.87. The van der Waals surface area contributed by atoms with Crippen LogP contribution in [0.2, 0.25) is 0 Å². The van der Waals surface area contributed by atoms with E-state index in [4.69, 9.17) is 0 Å². The van der Waals surface area contributed by atoms with Gasteiger partial charge in [0.05, 0.1) is 23.2 Å². The molecule has 1 saturated heterocycles. The van der Waals surface area contributed by atoms with Crippen molar-refractivity contribution in [1.29, 1.82) is 0 Å². The van der Waals surface area contributed by atoms with E-state index in [2.05, 4.69) is 12.0 Å². The molecule has 0 radical (unpaired) electrons. The molecule has 4 rings (SSSR count). The van der Waals surface area contributed by atoms with Crippen LogP contribution in [0.15, 0.2) is 34.3 Å². The summed E-state index contributed by atoms with van der Waals surface area (Å²) in [4.78, 5) is 28.4. The summed E-state index contributed by atoms with van der Waals surface area (Å²) in [6, 6.07) is 7.37. The molecule has 7 nitrogen and oxygen atoms in total. The molecule has 0 saturated carbocycles. The average molecular weight is 422 g/mol. The molecule has 28 heavy (non-hydrogen) atoms. The van der Waals surface area contributed by atoms with Crippen LogP contribution < -0.4 is 4.90 Å². The lowest BCUT2D eigenvalue weighted by atomic mass is 10.1. The van der Waals surface area contributed by atoms with Crippen molar-refractivity contribution in [2.45, 2.75) is 48.8 Å². The van der Waals surface area contributed by atoms with Crippen molar-refractivity contribution in [1.82, 2.24) is 5.01 Å². The Morgan fingerprint density at radius 3 is 2.75 bits per heavy atom. The first-order valence-corrected chi connectivity index (χ1v) is 12.2. The summed E-state index contributed by atoms with van der Waals surface area (Å²) in [6.45, 7) is 2.74. The van der Waals surface area contributed by atoms with E-state index >= 15 is 0 Å². The van der Waals surface area contributed by atoms with E-state index < -0.39 is 15.9 Å². The number of hydrazone groups is 1. The lowest BCUT2D eigenvalue weighted by Crippen LogP contribution is -2.45. The second-order valence-corrected chi connectivity index (χ2v) is 11.2. The van der Waals surface area contributed by atoms with Crippen molar-refractivity contribution in [2.24, 2.45) is 5.10 Å². The Balaban J connectivity index is 1.62. The van der Waals surface area contributed by atoms with E-state index in [1.165, 1.54) is 5.01 Å². The molecule has 150 valence electrons. The van der Waals surface area contributed by atoms with Crippen LogP contribution in [0.5, 0.6) is 0 Å². The van der Waals surface area contributed by atoms with Gasteiger partial charge in [-0.25, -0.2) is 13.4 Å². The van der Waals surface area contributed by atoms with Gasteiger partial charge in [-0.05, 0) is 25.0 Å². The van der Waals surface area contributed by atoms with Gasteiger partial charge in [0.1, 0.15) is 5.71 Å². The zero-order valence-corrected chi connectivity index (χ0v) is 17.3. The zero-order valence-electron chi connectivity index (χ0n) is 15.7. The summed E-state index contributed by atoms with van der Waals surface area (Å²) in [7, 11) is -3.14. The number of thioether (sulfide) groups is 1. The highest BCUT2D eigenvalue weighted by molar-refractivity contribution is 8.00. The SMILES string of the molecule is C[C@@H]1CCN(C(=O)C2=NN([C@@H]3CCS(=O)(=O)C3)C(=O)CC2)c2ccccc2S1. The first-order chi connectivity index (χ1) is 13.3. The smallest absolute Gasteiger partial charge is 0.274 e. The van der Waals surface area contributed by atoms with Gasteiger partial charge in [-0.3, -0.25) is 9.59 Å². The Morgan fingerprint density at radius 1 is 1.21 bits per heavy atom. The third-order valence-electron chi connectivity index (χ3n) is 5.35. The number of benzene rings is 1. The monoisotopic (exact) mass is 421 g/mol. The largest absolute Gasteiger partial charge is 0.306 e. The second-order valence-electron chi connectivity index (χ2n) is 7.48. The fourth-order valence-electron chi connectivity index (χ4n) is 3.83. The number of sulfone groups is 1. The molecule has 0 spiro atoms. The molecule has 0 aromatic heterocycles. The highest BCUT2D eigenvalue weighted by Crippen LogP contribution is 2.37. The van der Waals surface area contributed by atoms with Gasteiger partial charge in [-0.2, -0.15) is 5.10 Å². The Kier molecular flexibility index (Phi) is 5.22. The molecule has 1 aromatic carbocycles. The predicted octanol–water partition coefficient (Wildman–Crippen LogP) is 2.07. The molecule has 9 heteroatoms. The number of anilines is 1. The van der Waals surface area contributed by atoms with Crippen LogP contribution in [0, 0.1) is 0 Å². The second kappa shape index (κ2) is 7.51. The minimum atomic E-state index is -3.14. The van der Waals surface area contributed by atoms with Gasteiger partial charge >= 0.3 is 0 Å². The van der Waals surface area contributed by atoms with Crippen molar-refractivity contribution in [3.8, 4) is 0 Å². The van der Waals surface area contributed by atoms with Crippen LogP contribution in [-0.4, -0.2) is 60.3 Å². The molecular formula is C19H23N3O4S2. The number of hydrogen-bond donors (Lipinski definition) is 0. The molecule has 0 unspecified atom stereocenters. The normalized spacial score (nSPS) is 27.2. The molecule has 0 bridgehead atoms. The summed E-state index contributed by atoms with van der Waals surface area (Å²) in [5.74, 6) is -0.418. The Bertz CT molecular complexity index is 944. The Labute approximate surface area is 169 Å². The van der Waals surface area contributed by atoms with Crippen LogP contribution in [0.1, 0.15) is 32.6 Å². The lowest BCUT2D eigenvalue weighted by molar-refractivity contribution is -0.133. The van der Waals surface area contributed by atoms with Gasteiger partial charge in [0, 0.05) is 29.5 Å². The molecule has 0 aliphatic carbocycles. The first-order valence-electron chi connectivity index (χ1n) is 9.51. The minimum absolute atomic E-state index is 0.0643. The number of amides is 2. The highest BCUT2D eigenvalue weighted by Gasteiger charge is 2.38. The standard InChI is InChI=1S/C19H23N3O4S2/c1-13-8-10-21(16-4-2-3-5-17(16)27-13)19(24)15-6-7-18(23)22(20-15)14-9-11-28(25,26)12-14/h2-5,13-14H,6-12H2,1H3/t13-,14-/m1/s1. The number of hydrogen-bond acceptors (Lipinski definition) is 6. The number of nitrogens with zero attached hydrogens (tertiary/aromatic N) is 3. The third kappa shape index (κ3) is 3.82. The van der Waals surface area contributed by atoms with Crippen molar-refractivity contribution < 1.29 is 18.0 Å². The van der Waals surface area contributed by atoms with Crippen LogP contribution in [0.3, 0.4) is 0 Å². The Morgan fingerprint density at radius 2 is 2.00 bits per heavy atom. The summed E-state index contributed by atoms with van der Waals surface area (Å²) in [5.41, 5.74) is 1.20. The fourth-order valence-corrected chi connectivity index (χ4v) is 6.64. The van der Waals surface area contributed by atoms with Gasteiger partial charge < -0.3 is 4.90 Å². The number of carbonyl (C=O) groups is 2. The predicted molar refractivity (Wildman–Crippen MR) is 109 cm³/mol. The van der Waals surface area contributed by atoms with Crippen LogP contribution >= 0.6 is 11.8 Å². The van der Waals surface area contributed by atoms with Gasteiger partial charge in [0.25, 0.3) is 5.91 Å². The minimum Gasteiger partial charge on any atom is -0.306 e. The summed E-state index contributed by atoms with van der Waals surface area (Å²) < 4.78 is 23.6. The van der Waals surface area contributed by atoms with Crippen molar-refractivity contribution >= 4 is 44.8 Å². The van der Waals surface area contributed by atoms with Crippen molar-refractivity contribution in [3.63, 3.8) is 0 Å². The fraction of sp³-hybridized carbons (Fsp3) is 0.526. The molecule has 2 atom stereocenters. The molecule has 3 aliphatic heterocycles. The first kappa shape index (κ1) is 19.4. The number of para-hydroxylation sites is 1. The van der Waals surface area contributed by atoms with Gasteiger partial charge in [-0.1, -0.05) is 19.1 Å².